The lowest BCUT2D eigenvalue weighted by atomic mass is 10.2. The highest BCUT2D eigenvalue weighted by Crippen LogP contribution is 2.21. The molecule has 1 amide bonds. The van der Waals surface area contributed by atoms with E-state index in [1.54, 1.807) is 31.3 Å². The number of likely N-dealkylation sites (N-methyl/N-ethyl adjacent to an activating group) is 1. The molecule has 0 aliphatic heterocycles. The molecule has 110 valence electrons. The second kappa shape index (κ2) is 6.45. The third-order valence-electron chi connectivity index (χ3n) is 2.91. The fourth-order valence-electron chi connectivity index (χ4n) is 1.65. The molecule has 0 heterocycles. The number of hydrogen-bond donors (Lipinski definition) is 1. The van der Waals surface area contributed by atoms with Crippen molar-refractivity contribution in [2.24, 2.45) is 0 Å². The number of anilines is 2. The van der Waals surface area contributed by atoms with Gasteiger partial charge in [0, 0.05) is 24.5 Å². The van der Waals surface area contributed by atoms with Gasteiger partial charge in [-0.3, -0.25) is 4.79 Å². The Morgan fingerprint density at radius 3 is 2.57 bits per heavy atom. The van der Waals surface area contributed by atoms with Gasteiger partial charge < -0.3 is 15.4 Å². The highest BCUT2D eigenvalue weighted by Gasteiger charge is 2.12. The van der Waals surface area contributed by atoms with E-state index in [2.05, 4.69) is 0 Å². The Labute approximate surface area is 126 Å². The minimum atomic E-state index is -0.533. The number of carbonyl (C=O) groups excluding carboxylic acids is 1. The Hall–Kier alpha value is -2.27. The van der Waals surface area contributed by atoms with Gasteiger partial charge in [-0.05, 0) is 36.4 Å². The Morgan fingerprint density at radius 2 is 1.95 bits per heavy atom. The minimum Gasteiger partial charge on any atom is -0.484 e. The predicted octanol–water partition coefficient (Wildman–Crippen LogP) is 3.10. The number of nitrogen functional groups attached to an aromatic ring is 1. The summed E-state index contributed by atoms with van der Waals surface area (Å²) < 4.78 is 18.3. The van der Waals surface area contributed by atoms with Crippen molar-refractivity contribution in [2.45, 2.75) is 0 Å². The first-order valence-electron chi connectivity index (χ1n) is 6.17. The number of ether oxygens (including phenoxy) is 1. The third kappa shape index (κ3) is 3.86. The van der Waals surface area contributed by atoms with Crippen molar-refractivity contribution in [3.05, 3.63) is 53.3 Å². The number of rotatable bonds is 4. The summed E-state index contributed by atoms with van der Waals surface area (Å²) >= 11 is 5.64. The van der Waals surface area contributed by atoms with Gasteiger partial charge in [0.15, 0.2) is 6.61 Å². The standard InChI is InChI=1S/C15H14ClFN2O2/c1-19(11-4-2-10(18)3-5-11)15(20)9-21-12-6-7-14(17)13(16)8-12/h2-8H,9,18H2,1H3. The van der Waals surface area contributed by atoms with Crippen LogP contribution < -0.4 is 15.4 Å². The van der Waals surface area contributed by atoms with E-state index in [0.717, 1.165) is 0 Å². The smallest absolute Gasteiger partial charge is 0.264 e. The van der Waals surface area contributed by atoms with Crippen LogP contribution in [0.5, 0.6) is 5.75 Å². The maximum Gasteiger partial charge on any atom is 0.264 e. The normalized spacial score (nSPS) is 10.2. The SMILES string of the molecule is CN(C(=O)COc1ccc(F)c(Cl)c1)c1ccc(N)cc1. The zero-order valence-electron chi connectivity index (χ0n) is 11.3. The molecule has 0 aliphatic rings. The Kier molecular flexibility index (Phi) is 4.65. The summed E-state index contributed by atoms with van der Waals surface area (Å²) in [4.78, 5) is 13.5. The number of hydrogen-bond acceptors (Lipinski definition) is 3. The van der Waals surface area contributed by atoms with Gasteiger partial charge in [-0.25, -0.2) is 4.39 Å². The molecule has 0 spiro atoms. The van der Waals surface area contributed by atoms with Gasteiger partial charge in [-0.1, -0.05) is 11.6 Å². The maximum absolute atomic E-state index is 13.0. The van der Waals surface area contributed by atoms with Crippen molar-refractivity contribution in [1.29, 1.82) is 0 Å². The van der Waals surface area contributed by atoms with E-state index in [4.69, 9.17) is 22.1 Å². The molecule has 0 saturated heterocycles. The minimum absolute atomic E-state index is 0.0492. The summed E-state index contributed by atoms with van der Waals surface area (Å²) in [6.07, 6.45) is 0. The van der Waals surface area contributed by atoms with E-state index in [1.165, 1.54) is 23.1 Å². The van der Waals surface area contributed by atoms with Crippen LogP contribution in [0, 0.1) is 5.82 Å². The van der Waals surface area contributed by atoms with Crippen molar-refractivity contribution in [3.8, 4) is 5.75 Å². The Bertz CT molecular complexity index is 647. The van der Waals surface area contributed by atoms with Crippen LogP contribution in [0.1, 0.15) is 0 Å². The summed E-state index contributed by atoms with van der Waals surface area (Å²) in [5.74, 6) is -0.449. The van der Waals surface area contributed by atoms with Gasteiger partial charge in [-0.15, -0.1) is 0 Å². The van der Waals surface area contributed by atoms with Gasteiger partial charge in [0.1, 0.15) is 11.6 Å². The topological polar surface area (TPSA) is 55.6 Å². The third-order valence-corrected chi connectivity index (χ3v) is 3.20. The molecular formula is C15H14ClFN2O2. The number of benzene rings is 2. The largest absolute Gasteiger partial charge is 0.484 e. The molecule has 0 atom stereocenters. The number of nitrogens with zero attached hydrogens (tertiary/aromatic N) is 1. The molecule has 2 N–H and O–H groups in total. The van der Waals surface area contributed by atoms with E-state index < -0.39 is 5.82 Å². The summed E-state index contributed by atoms with van der Waals surface area (Å²) in [5, 5.41) is -0.0492. The summed E-state index contributed by atoms with van der Waals surface area (Å²) in [6, 6.07) is 10.8. The average Bonchev–Trinajstić information content (AvgIpc) is 2.48. The van der Waals surface area contributed by atoms with E-state index >= 15 is 0 Å². The Morgan fingerprint density at radius 1 is 1.29 bits per heavy atom. The molecule has 2 aromatic rings. The van der Waals surface area contributed by atoms with Crippen LogP contribution in [0.25, 0.3) is 0 Å². The summed E-state index contributed by atoms with van der Waals surface area (Å²) in [7, 11) is 1.63. The Balaban J connectivity index is 1.97. The molecular weight excluding hydrogens is 295 g/mol. The molecule has 0 bridgehead atoms. The molecule has 4 nitrogen and oxygen atoms in total. The van der Waals surface area contributed by atoms with Crippen LogP contribution in [0.3, 0.4) is 0 Å². The van der Waals surface area contributed by atoms with Crippen LogP contribution in [0.15, 0.2) is 42.5 Å². The van der Waals surface area contributed by atoms with Gasteiger partial charge in [-0.2, -0.15) is 0 Å². The first-order valence-corrected chi connectivity index (χ1v) is 6.55. The second-order valence-corrected chi connectivity index (χ2v) is 4.82. The zero-order valence-corrected chi connectivity index (χ0v) is 12.1. The molecule has 21 heavy (non-hydrogen) atoms. The first kappa shape index (κ1) is 15.1. The first-order chi connectivity index (χ1) is 9.97. The second-order valence-electron chi connectivity index (χ2n) is 4.41. The monoisotopic (exact) mass is 308 g/mol. The average molecular weight is 309 g/mol. The van der Waals surface area contributed by atoms with Crippen molar-refractivity contribution in [2.75, 3.05) is 24.3 Å². The molecule has 0 saturated carbocycles. The van der Waals surface area contributed by atoms with Gasteiger partial charge >= 0.3 is 0 Å². The van der Waals surface area contributed by atoms with E-state index in [1.807, 2.05) is 0 Å². The van der Waals surface area contributed by atoms with Crippen LogP contribution in [-0.2, 0) is 4.79 Å². The number of halogens is 2. The van der Waals surface area contributed by atoms with Crippen molar-refractivity contribution >= 4 is 28.9 Å². The lowest BCUT2D eigenvalue weighted by molar-refractivity contribution is -0.120. The van der Waals surface area contributed by atoms with Crippen molar-refractivity contribution < 1.29 is 13.9 Å². The van der Waals surface area contributed by atoms with Crippen LogP contribution in [-0.4, -0.2) is 19.6 Å². The van der Waals surface area contributed by atoms with Gasteiger partial charge in [0.2, 0.25) is 0 Å². The van der Waals surface area contributed by atoms with Crippen LogP contribution in [0.2, 0.25) is 5.02 Å². The molecule has 2 aromatic carbocycles. The zero-order chi connectivity index (χ0) is 15.4. The molecule has 2 rings (SSSR count). The van der Waals surface area contributed by atoms with E-state index in [0.29, 0.717) is 17.1 Å². The summed E-state index contributed by atoms with van der Waals surface area (Å²) in [5.41, 5.74) is 6.92. The fourth-order valence-corrected chi connectivity index (χ4v) is 1.82. The molecule has 6 heteroatoms. The van der Waals surface area contributed by atoms with Gasteiger partial charge in [0.25, 0.3) is 5.91 Å². The van der Waals surface area contributed by atoms with Crippen molar-refractivity contribution in [3.63, 3.8) is 0 Å². The molecule has 0 fully saturated rings. The predicted molar refractivity (Wildman–Crippen MR) is 81.2 cm³/mol. The fraction of sp³-hybridized carbons (Fsp3) is 0.133. The lowest BCUT2D eigenvalue weighted by Gasteiger charge is -2.17. The van der Waals surface area contributed by atoms with E-state index in [-0.39, 0.29) is 17.5 Å². The van der Waals surface area contributed by atoms with Crippen LogP contribution in [0.4, 0.5) is 15.8 Å². The quantitative estimate of drug-likeness (QED) is 0.883. The maximum atomic E-state index is 13.0. The number of nitrogens with two attached hydrogens (primary N) is 1. The number of amides is 1. The molecule has 0 radical (unpaired) electrons. The number of carbonyl (C=O) groups is 1. The highest BCUT2D eigenvalue weighted by molar-refractivity contribution is 6.30. The van der Waals surface area contributed by atoms with Crippen molar-refractivity contribution in [1.82, 2.24) is 0 Å². The molecule has 0 aromatic heterocycles. The van der Waals surface area contributed by atoms with E-state index in [9.17, 15) is 9.18 Å². The van der Waals surface area contributed by atoms with Gasteiger partial charge in [0.05, 0.1) is 5.02 Å². The molecule has 0 unspecified atom stereocenters. The molecule has 0 aliphatic carbocycles. The lowest BCUT2D eigenvalue weighted by Crippen LogP contribution is -2.31. The summed E-state index contributed by atoms with van der Waals surface area (Å²) in [6.45, 7) is -0.178. The highest BCUT2D eigenvalue weighted by atomic mass is 35.5. The van der Waals surface area contributed by atoms with Crippen LogP contribution >= 0.6 is 11.6 Å².